The molecule has 0 spiro atoms. The smallest absolute Gasteiger partial charge is 0.308 e. The average molecular weight is 268 g/mol. The molecule has 5 heteroatoms. The van der Waals surface area contributed by atoms with Crippen molar-refractivity contribution in [3.63, 3.8) is 0 Å². The predicted octanol–water partition coefficient (Wildman–Crippen LogP) is 2.57. The van der Waals surface area contributed by atoms with Gasteiger partial charge in [-0.1, -0.05) is 20.8 Å². The maximum Gasteiger partial charge on any atom is 0.308 e. The number of nitrogens with zero attached hydrogens (tertiary/aromatic N) is 2. The zero-order chi connectivity index (χ0) is 15.0. The van der Waals surface area contributed by atoms with Gasteiger partial charge in [0.15, 0.2) is 0 Å². The van der Waals surface area contributed by atoms with Gasteiger partial charge in [0.25, 0.3) is 0 Å². The number of aliphatic carboxylic acids is 1. The van der Waals surface area contributed by atoms with E-state index >= 15 is 0 Å². The van der Waals surface area contributed by atoms with Gasteiger partial charge in [-0.25, -0.2) is 4.68 Å². The van der Waals surface area contributed by atoms with E-state index in [1.54, 1.807) is 11.8 Å². The summed E-state index contributed by atoms with van der Waals surface area (Å²) in [6, 6.07) is 0. The van der Waals surface area contributed by atoms with Crippen molar-refractivity contribution in [2.75, 3.05) is 7.11 Å². The summed E-state index contributed by atoms with van der Waals surface area (Å²) < 4.78 is 7.19. The first-order valence-electron chi connectivity index (χ1n) is 6.37. The number of hydrogen-bond donors (Lipinski definition) is 1. The molecule has 0 radical (unpaired) electrons. The Morgan fingerprint density at radius 1 is 1.26 bits per heavy atom. The van der Waals surface area contributed by atoms with Crippen molar-refractivity contribution >= 4 is 5.97 Å². The van der Waals surface area contributed by atoms with Gasteiger partial charge in [-0.15, -0.1) is 0 Å². The normalized spacial score (nSPS) is 12.6. The molecule has 0 saturated heterocycles. The molecule has 0 atom stereocenters. The van der Waals surface area contributed by atoms with E-state index in [0.29, 0.717) is 11.4 Å². The van der Waals surface area contributed by atoms with Gasteiger partial charge in [-0.05, 0) is 20.8 Å². The van der Waals surface area contributed by atoms with E-state index in [9.17, 15) is 4.79 Å². The first-order chi connectivity index (χ1) is 8.48. The van der Waals surface area contributed by atoms with Crippen molar-refractivity contribution in [2.45, 2.75) is 58.9 Å². The first-order valence-corrected chi connectivity index (χ1v) is 6.37. The van der Waals surface area contributed by atoms with E-state index in [1.165, 1.54) is 0 Å². The SMILES string of the molecule is COc1c(CC(=O)O)c(C(C)(C)C)nn1C(C)(C)C. The number of carboxylic acid groups (broad SMARTS) is 1. The number of carboxylic acids is 1. The molecule has 19 heavy (non-hydrogen) atoms. The monoisotopic (exact) mass is 268 g/mol. The van der Waals surface area contributed by atoms with Crippen LogP contribution in [-0.2, 0) is 22.2 Å². The van der Waals surface area contributed by atoms with E-state index in [4.69, 9.17) is 9.84 Å². The fraction of sp³-hybridized carbons (Fsp3) is 0.714. The van der Waals surface area contributed by atoms with Crippen molar-refractivity contribution in [1.82, 2.24) is 9.78 Å². The fourth-order valence-electron chi connectivity index (χ4n) is 2.01. The van der Waals surface area contributed by atoms with Crippen LogP contribution in [0.2, 0.25) is 0 Å². The van der Waals surface area contributed by atoms with Crippen molar-refractivity contribution in [3.8, 4) is 5.88 Å². The summed E-state index contributed by atoms with van der Waals surface area (Å²) in [6.45, 7) is 12.1. The quantitative estimate of drug-likeness (QED) is 0.915. The molecule has 0 aromatic carbocycles. The van der Waals surface area contributed by atoms with Gasteiger partial charge in [0.2, 0.25) is 5.88 Å². The highest BCUT2D eigenvalue weighted by molar-refractivity contribution is 5.71. The Morgan fingerprint density at radius 3 is 2.11 bits per heavy atom. The van der Waals surface area contributed by atoms with E-state index in [2.05, 4.69) is 5.10 Å². The van der Waals surface area contributed by atoms with Gasteiger partial charge >= 0.3 is 5.97 Å². The summed E-state index contributed by atoms with van der Waals surface area (Å²) in [4.78, 5) is 11.1. The van der Waals surface area contributed by atoms with Crippen molar-refractivity contribution < 1.29 is 14.6 Å². The Balaban J connectivity index is 3.55. The van der Waals surface area contributed by atoms with Crippen LogP contribution >= 0.6 is 0 Å². The third-order valence-corrected chi connectivity index (χ3v) is 2.80. The Hall–Kier alpha value is -1.52. The molecule has 1 heterocycles. The highest BCUT2D eigenvalue weighted by Crippen LogP contribution is 2.35. The second-order valence-electron chi connectivity index (χ2n) is 6.74. The predicted molar refractivity (Wildman–Crippen MR) is 73.8 cm³/mol. The lowest BCUT2D eigenvalue weighted by atomic mass is 9.88. The fourth-order valence-corrected chi connectivity index (χ4v) is 2.01. The number of ether oxygens (including phenoxy) is 1. The van der Waals surface area contributed by atoms with Crippen LogP contribution in [0.25, 0.3) is 0 Å². The summed E-state index contributed by atoms with van der Waals surface area (Å²) in [6.07, 6.45) is -0.0775. The molecule has 108 valence electrons. The molecule has 0 bridgehead atoms. The Bertz CT molecular complexity index is 476. The Kier molecular flexibility index (Phi) is 3.98. The van der Waals surface area contributed by atoms with Gasteiger partial charge in [-0.3, -0.25) is 4.79 Å². The second kappa shape index (κ2) is 4.87. The molecule has 0 fully saturated rings. The Morgan fingerprint density at radius 2 is 1.79 bits per heavy atom. The highest BCUT2D eigenvalue weighted by atomic mass is 16.5. The zero-order valence-corrected chi connectivity index (χ0v) is 12.9. The molecule has 1 aromatic rings. The van der Waals surface area contributed by atoms with Crippen LogP contribution < -0.4 is 4.74 Å². The molecule has 1 aromatic heterocycles. The summed E-state index contributed by atoms with van der Waals surface area (Å²) in [5.74, 6) is -0.336. The molecular formula is C14H24N2O3. The molecule has 1 rings (SSSR count). The van der Waals surface area contributed by atoms with E-state index in [0.717, 1.165) is 5.69 Å². The van der Waals surface area contributed by atoms with Crippen LogP contribution in [0.1, 0.15) is 52.8 Å². The standard InChI is InChI=1S/C14H24N2O3/c1-13(2,3)11-9(8-10(17)18)12(19-7)16(15-11)14(4,5)6/h8H2,1-7H3,(H,17,18). The molecule has 0 saturated carbocycles. The van der Waals surface area contributed by atoms with Gasteiger partial charge in [0.1, 0.15) is 0 Å². The molecule has 0 amide bonds. The molecule has 0 aliphatic rings. The van der Waals surface area contributed by atoms with Crippen LogP contribution in [0.4, 0.5) is 0 Å². The minimum Gasteiger partial charge on any atom is -0.481 e. The lowest BCUT2D eigenvalue weighted by Gasteiger charge is -2.22. The number of methoxy groups -OCH3 is 1. The van der Waals surface area contributed by atoms with E-state index in [1.807, 2.05) is 41.5 Å². The maximum absolute atomic E-state index is 11.1. The van der Waals surface area contributed by atoms with Crippen LogP contribution in [0, 0.1) is 0 Å². The van der Waals surface area contributed by atoms with Crippen molar-refractivity contribution in [1.29, 1.82) is 0 Å². The topological polar surface area (TPSA) is 64.3 Å². The zero-order valence-electron chi connectivity index (χ0n) is 12.9. The summed E-state index contributed by atoms with van der Waals surface area (Å²) >= 11 is 0. The number of hydrogen-bond acceptors (Lipinski definition) is 3. The number of carbonyl (C=O) groups is 1. The summed E-state index contributed by atoms with van der Waals surface area (Å²) in [7, 11) is 1.55. The van der Waals surface area contributed by atoms with Gasteiger partial charge < -0.3 is 9.84 Å². The second-order valence-corrected chi connectivity index (χ2v) is 6.74. The van der Waals surface area contributed by atoms with Crippen LogP contribution in [0.3, 0.4) is 0 Å². The highest BCUT2D eigenvalue weighted by Gasteiger charge is 2.31. The van der Waals surface area contributed by atoms with E-state index in [-0.39, 0.29) is 17.4 Å². The van der Waals surface area contributed by atoms with Gasteiger partial charge in [0.05, 0.1) is 24.8 Å². The lowest BCUT2D eigenvalue weighted by Crippen LogP contribution is -2.24. The largest absolute Gasteiger partial charge is 0.481 e. The van der Waals surface area contributed by atoms with Gasteiger partial charge in [0, 0.05) is 11.0 Å². The maximum atomic E-state index is 11.1. The van der Waals surface area contributed by atoms with Crippen LogP contribution in [0.15, 0.2) is 0 Å². The summed E-state index contributed by atoms with van der Waals surface area (Å²) in [5.41, 5.74) is 0.954. The number of aromatic nitrogens is 2. The van der Waals surface area contributed by atoms with Crippen molar-refractivity contribution in [3.05, 3.63) is 11.3 Å². The van der Waals surface area contributed by atoms with Crippen LogP contribution in [-0.4, -0.2) is 28.0 Å². The minimum absolute atomic E-state index is 0.0775. The molecule has 0 unspecified atom stereocenters. The van der Waals surface area contributed by atoms with E-state index < -0.39 is 5.97 Å². The van der Waals surface area contributed by atoms with Gasteiger partial charge in [-0.2, -0.15) is 5.10 Å². The summed E-state index contributed by atoms with van der Waals surface area (Å²) in [5, 5.41) is 13.7. The third-order valence-electron chi connectivity index (χ3n) is 2.80. The third kappa shape index (κ3) is 3.28. The van der Waals surface area contributed by atoms with Crippen molar-refractivity contribution in [2.24, 2.45) is 0 Å². The Labute approximate surface area is 114 Å². The first kappa shape index (κ1) is 15.5. The van der Waals surface area contributed by atoms with Crippen LogP contribution in [0.5, 0.6) is 5.88 Å². The molecule has 5 nitrogen and oxygen atoms in total. The number of rotatable bonds is 3. The minimum atomic E-state index is -0.878. The molecule has 0 aliphatic carbocycles. The molecule has 0 aliphatic heterocycles. The molecular weight excluding hydrogens is 244 g/mol. The average Bonchev–Trinajstić information content (AvgIpc) is 2.54. The molecule has 1 N–H and O–H groups in total. The lowest BCUT2D eigenvalue weighted by molar-refractivity contribution is -0.136.